The zero-order valence-electron chi connectivity index (χ0n) is 10.6. The molecule has 1 aromatic carbocycles. The number of hydrogen-bond acceptors (Lipinski definition) is 4. The average Bonchev–Trinajstić information content (AvgIpc) is 2.36. The van der Waals surface area contributed by atoms with E-state index in [1.807, 2.05) is 0 Å². The summed E-state index contributed by atoms with van der Waals surface area (Å²) in [5.74, 6) is 1.29. The van der Waals surface area contributed by atoms with Crippen LogP contribution >= 0.6 is 0 Å². The lowest BCUT2D eigenvalue weighted by Crippen LogP contribution is -2.15. The van der Waals surface area contributed by atoms with Gasteiger partial charge in [0, 0.05) is 24.1 Å². The molecule has 0 aromatic heterocycles. The first-order valence-corrected chi connectivity index (χ1v) is 5.37. The highest BCUT2D eigenvalue weighted by Crippen LogP contribution is 2.38. The molecular formula is C12H17F2NO3. The first kappa shape index (κ1) is 14.5. The number of methoxy groups -OCH3 is 3. The first-order valence-electron chi connectivity index (χ1n) is 5.37. The van der Waals surface area contributed by atoms with Gasteiger partial charge in [-0.2, -0.15) is 0 Å². The lowest BCUT2D eigenvalue weighted by Gasteiger charge is -2.18. The number of alkyl halides is 2. The SMILES string of the molecule is COc1cc(OC)c([C@@H](N)CC(F)F)cc1OC. The molecule has 0 spiro atoms. The molecule has 18 heavy (non-hydrogen) atoms. The van der Waals surface area contributed by atoms with Crippen molar-refractivity contribution in [3.8, 4) is 17.2 Å². The van der Waals surface area contributed by atoms with Gasteiger partial charge >= 0.3 is 0 Å². The number of benzene rings is 1. The van der Waals surface area contributed by atoms with Gasteiger partial charge in [0.1, 0.15) is 5.75 Å². The van der Waals surface area contributed by atoms with Crippen LogP contribution in [0.2, 0.25) is 0 Å². The molecule has 4 nitrogen and oxygen atoms in total. The Bertz CT molecular complexity index is 399. The molecule has 0 amide bonds. The Hall–Kier alpha value is -1.56. The van der Waals surface area contributed by atoms with Gasteiger partial charge in [-0.25, -0.2) is 8.78 Å². The Morgan fingerprint density at radius 1 is 1.00 bits per heavy atom. The van der Waals surface area contributed by atoms with Crippen LogP contribution in [0.5, 0.6) is 17.2 Å². The number of rotatable bonds is 6. The predicted octanol–water partition coefficient (Wildman–Crippen LogP) is 2.37. The van der Waals surface area contributed by atoms with E-state index in [1.54, 1.807) is 12.1 Å². The highest BCUT2D eigenvalue weighted by atomic mass is 19.3. The Morgan fingerprint density at radius 2 is 1.50 bits per heavy atom. The topological polar surface area (TPSA) is 53.7 Å². The molecule has 0 aliphatic heterocycles. The summed E-state index contributed by atoms with van der Waals surface area (Å²) in [5, 5.41) is 0. The van der Waals surface area contributed by atoms with Gasteiger partial charge in [0.2, 0.25) is 6.43 Å². The van der Waals surface area contributed by atoms with Crippen molar-refractivity contribution in [1.82, 2.24) is 0 Å². The number of nitrogens with two attached hydrogens (primary N) is 1. The zero-order valence-corrected chi connectivity index (χ0v) is 10.6. The molecule has 1 atom stereocenters. The standard InChI is InChI=1S/C12H17F2NO3/c1-16-9-6-11(18-3)10(17-2)4-7(9)8(15)5-12(13)14/h4,6,8,12H,5,15H2,1-3H3/t8-/m0/s1. The van der Waals surface area contributed by atoms with Gasteiger partial charge in [-0.1, -0.05) is 0 Å². The maximum atomic E-state index is 12.4. The minimum atomic E-state index is -2.47. The summed E-state index contributed by atoms with van der Waals surface area (Å²) in [6.45, 7) is 0. The maximum Gasteiger partial charge on any atom is 0.240 e. The van der Waals surface area contributed by atoms with E-state index in [-0.39, 0.29) is 0 Å². The molecule has 6 heteroatoms. The van der Waals surface area contributed by atoms with Gasteiger partial charge in [0.25, 0.3) is 0 Å². The van der Waals surface area contributed by atoms with Crippen molar-refractivity contribution in [2.24, 2.45) is 5.73 Å². The van der Waals surface area contributed by atoms with E-state index < -0.39 is 18.9 Å². The number of hydrogen-bond donors (Lipinski definition) is 1. The molecule has 0 fully saturated rings. The summed E-state index contributed by atoms with van der Waals surface area (Å²) in [5.41, 5.74) is 6.20. The van der Waals surface area contributed by atoms with E-state index in [0.29, 0.717) is 22.8 Å². The molecule has 0 saturated heterocycles. The number of ether oxygens (including phenoxy) is 3. The molecule has 0 bridgehead atoms. The second-order valence-corrected chi connectivity index (χ2v) is 3.68. The molecule has 1 aromatic rings. The minimum absolute atomic E-state index is 0.404. The molecule has 0 aliphatic carbocycles. The molecule has 0 saturated carbocycles. The fraction of sp³-hybridized carbons (Fsp3) is 0.500. The van der Waals surface area contributed by atoms with Gasteiger partial charge < -0.3 is 19.9 Å². The van der Waals surface area contributed by atoms with E-state index in [0.717, 1.165) is 0 Å². The summed E-state index contributed by atoms with van der Waals surface area (Å²) < 4.78 is 40.1. The van der Waals surface area contributed by atoms with Crippen molar-refractivity contribution in [3.05, 3.63) is 17.7 Å². The van der Waals surface area contributed by atoms with Crippen molar-refractivity contribution in [2.75, 3.05) is 21.3 Å². The van der Waals surface area contributed by atoms with Crippen molar-refractivity contribution in [3.63, 3.8) is 0 Å². The summed E-state index contributed by atoms with van der Waals surface area (Å²) >= 11 is 0. The molecule has 102 valence electrons. The molecule has 1 rings (SSSR count). The fourth-order valence-electron chi connectivity index (χ4n) is 1.66. The first-order chi connectivity index (χ1) is 8.53. The van der Waals surface area contributed by atoms with E-state index in [9.17, 15) is 8.78 Å². The predicted molar refractivity (Wildman–Crippen MR) is 63.6 cm³/mol. The lowest BCUT2D eigenvalue weighted by atomic mass is 10.0. The molecule has 2 N–H and O–H groups in total. The van der Waals surface area contributed by atoms with E-state index >= 15 is 0 Å². The van der Waals surface area contributed by atoms with Crippen molar-refractivity contribution < 1.29 is 23.0 Å². The quantitative estimate of drug-likeness (QED) is 0.854. The van der Waals surface area contributed by atoms with Crippen LogP contribution < -0.4 is 19.9 Å². The Morgan fingerprint density at radius 3 is 1.94 bits per heavy atom. The highest BCUT2D eigenvalue weighted by Gasteiger charge is 2.20. The van der Waals surface area contributed by atoms with E-state index in [2.05, 4.69) is 0 Å². The maximum absolute atomic E-state index is 12.4. The van der Waals surface area contributed by atoms with Gasteiger partial charge in [-0.15, -0.1) is 0 Å². The van der Waals surface area contributed by atoms with Gasteiger partial charge in [0.05, 0.1) is 21.3 Å². The minimum Gasteiger partial charge on any atom is -0.496 e. The zero-order chi connectivity index (χ0) is 13.7. The average molecular weight is 261 g/mol. The summed E-state index contributed by atoms with van der Waals surface area (Å²) in [6.07, 6.45) is -2.91. The van der Waals surface area contributed by atoms with Gasteiger partial charge in [-0.3, -0.25) is 0 Å². The molecule has 0 heterocycles. The van der Waals surface area contributed by atoms with Crippen LogP contribution in [0.25, 0.3) is 0 Å². The van der Waals surface area contributed by atoms with E-state index in [4.69, 9.17) is 19.9 Å². The number of halogens is 2. The fourth-order valence-corrected chi connectivity index (χ4v) is 1.66. The van der Waals surface area contributed by atoms with Crippen molar-refractivity contribution in [2.45, 2.75) is 18.9 Å². The Kier molecular flexibility index (Phi) is 5.15. The third kappa shape index (κ3) is 3.22. The summed E-state index contributed by atoms with van der Waals surface area (Å²) in [4.78, 5) is 0. The largest absolute Gasteiger partial charge is 0.496 e. The smallest absolute Gasteiger partial charge is 0.240 e. The monoisotopic (exact) mass is 261 g/mol. The normalized spacial score (nSPS) is 12.4. The molecular weight excluding hydrogens is 244 g/mol. The van der Waals surface area contributed by atoms with Gasteiger partial charge in [0.15, 0.2) is 11.5 Å². The second kappa shape index (κ2) is 6.39. The van der Waals surface area contributed by atoms with Crippen LogP contribution in [0.3, 0.4) is 0 Å². The van der Waals surface area contributed by atoms with Gasteiger partial charge in [-0.05, 0) is 6.07 Å². The van der Waals surface area contributed by atoms with Crippen LogP contribution in [-0.2, 0) is 0 Å². The van der Waals surface area contributed by atoms with Crippen LogP contribution in [0, 0.1) is 0 Å². The Balaban J connectivity index is 3.16. The van der Waals surface area contributed by atoms with Crippen LogP contribution in [0.4, 0.5) is 8.78 Å². The van der Waals surface area contributed by atoms with Crippen molar-refractivity contribution >= 4 is 0 Å². The summed E-state index contributed by atoms with van der Waals surface area (Å²) in [6, 6.07) is 2.31. The van der Waals surface area contributed by atoms with Crippen molar-refractivity contribution in [1.29, 1.82) is 0 Å². The summed E-state index contributed by atoms with van der Waals surface area (Å²) in [7, 11) is 4.39. The molecule has 0 aliphatic rings. The Labute approximate surface area is 105 Å². The second-order valence-electron chi connectivity index (χ2n) is 3.68. The third-order valence-electron chi connectivity index (χ3n) is 2.57. The van der Waals surface area contributed by atoms with Crippen LogP contribution in [-0.4, -0.2) is 27.8 Å². The molecule has 0 unspecified atom stereocenters. The highest BCUT2D eigenvalue weighted by molar-refractivity contribution is 5.51. The van der Waals surface area contributed by atoms with Crippen LogP contribution in [0.1, 0.15) is 18.0 Å². The van der Waals surface area contributed by atoms with Crippen LogP contribution in [0.15, 0.2) is 12.1 Å². The third-order valence-corrected chi connectivity index (χ3v) is 2.57. The molecule has 0 radical (unpaired) electrons. The van der Waals surface area contributed by atoms with E-state index in [1.165, 1.54) is 21.3 Å². The lowest BCUT2D eigenvalue weighted by molar-refractivity contribution is 0.128.